The van der Waals surface area contributed by atoms with E-state index in [0.717, 1.165) is 28.0 Å². The van der Waals surface area contributed by atoms with Crippen LogP contribution in [0.4, 0.5) is 34.5 Å². The molecule has 41 heavy (non-hydrogen) atoms. The lowest BCUT2D eigenvalue weighted by Crippen LogP contribution is -2.07. The zero-order valence-electron chi connectivity index (χ0n) is 22.0. The molecule has 0 aliphatic heterocycles. The molecule has 0 fully saturated rings. The Morgan fingerprint density at radius 1 is 0.732 bits per heavy atom. The number of rotatable bonds is 9. The van der Waals surface area contributed by atoms with Crippen molar-refractivity contribution in [3.63, 3.8) is 0 Å². The minimum Gasteiger partial charge on any atom is -0.494 e. The van der Waals surface area contributed by atoms with Gasteiger partial charge in [0.25, 0.3) is 0 Å². The number of fused-ring (bicyclic) bond motifs is 1. The van der Waals surface area contributed by atoms with Gasteiger partial charge in [0, 0.05) is 23.1 Å². The molecule has 0 amide bonds. The SMILES string of the molecule is COc1cc(Nc2ccccc2)ccc1Nc1nc(Nc2ccc(Cl)c(Cl)c2)c2cnn(Cc3ccccc3)c2n1. The molecule has 3 N–H and O–H groups in total. The highest BCUT2D eigenvalue weighted by atomic mass is 35.5. The van der Waals surface area contributed by atoms with Crippen LogP contribution in [0.15, 0.2) is 103 Å². The molecular formula is C31H25Cl2N7O. The van der Waals surface area contributed by atoms with Gasteiger partial charge in [-0.15, -0.1) is 0 Å². The quantitative estimate of drug-likeness (QED) is 0.158. The van der Waals surface area contributed by atoms with Crippen molar-refractivity contribution in [1.82, 2.24) is 19.7 Å². The third-order valence-corrected chi connectivity index (χ3v) is 7.10. The van der Waals surface area contributed by atoms with Crippen molar-refractivity contribution in [3.05, 3.63) is 119 Å². The molecule has 4 aromatic carbocycles. The lowest BCUT2D eigenvalue weighted by molar-refractivity contribution is 0.417. The van der Waals surface area contributed by atoms with Crippen LogP contribution in [-0.4, -0.2) is 26.9 Å². The van der Waals surface area contributed by atoms with Gasteiger partial charge in [-0.3, -0.25) is 0 Å². The molecule has 0 aliphatic carbocycles. The van der Waals surface area contributed by atoms with Gasteiger partial charge in [0.2, 0.25) is 5.95 Å². The van der Waals surface area contributed by atoms with E-state index in [1.165, 1.54) is 0 Å². The highest BCUT2D eigenvalue weighted by Crippen LogP contribution is 2.34. The molecule has 204 valence electrons. The molecule has 2 heterocycles. The highest BCUT2D eigenvalue weighted by Gasteiger charge is 2.16. The molecule has 0 aliphatic rings. The second kappa shape index (κ2) is 11.8. The number of benzene rings is 4. The van der Waals surface area contributed by atoms with Crippen LogP contribution in [0.2, 0.25) is 10.0 Å². The largest absolute Gasteiger partial charge is 0.494 e. The van der Waals surface area contributed by atoms with E-state index in [4.69, 9.17) is 37.9 Å². The predicted molar refractivity (Wildman–Crippen MR) is 167 cm³/mol. The van der Waals surface area contributed by atoms with Crippen LogP contribution < -0.4 is 20.7 Å². The molecule has 0 unspecified atom stereocenters. The summed E-state index contributed by atoms with van der Waals surface area (Å²) in [6.45, 7) is 0.552. The fraction of sp³-hybridized carbons (Fsp3) is 0.0645. The van der Waals surface area contributed by atoms with E-state index >= 15 is 0 Å². The molecule has 0 saturated carbocycles. The first-order chi connectivity index (χ1) is 20.1. The van der Waals surface area contributed by atoms with Crippen LogP contribution in [-0.2, 0) is 6.54 Å². The summed E-state index contributed by atoms with van der Waals surface area (Å²) in [7, 11) is 1.63. The van der Waals surface area contributed by atoms with Gasteiger partial charge >= 0.3 is 0 Å². The van der Waals surface area contributed by atoms with Crippen LogP contribution >= 0.6 is 23.2 Å². The maximum Gasteiger partial charge on any atom is 0.231 e. The first kappa shape index (κ1) is 26.4. The Hall–Kier alpha value is -4.79. The van der Waals surface area contributed by atoms with Crippen molar-refractivity contribution in [3.8, 4) is 5.75 Å². The Morgan fingerprint density at radius 2 is 1.46 bits per heavy atom. The maximum atomic E-state index is 6.28. The fourth-order valence-corrected chi connectivity index (χ4v) is 4.67. The number of ether oxygens (including phenoxy) is 1. The number of anilines is 6. The summed E-state index contributed by atoms with van der Waals surface area (Å²) in [5.74, 6) is 1.57. The second-order valence-corrected chi connectivity index (χ2v) is 10.0. The van der Waals surface area contributed by atoms with Crippen LogP contribution in [0.5, 0.6) is 5.75 Å². The third-order valence-electron chi connectivity index (χ3n) is 6.36. The van der Waals surface area contributed by atoms with Crippen LogP contribution in [0.1, 0.15) is 5.56 Å². The van der Waals surface area contributed by atoms with E-state index in [1.54, 1.807) is 25.4 Å². The van der Waals surface area contributed by atoms with Crippen molar-refractivity contribution in [1.29, 1.82) is 0 Å². The lowest BCUT2D eigenvalue weighted by Gasteiger charge is -2.15. The topological polar surface area (TPSA) is 88.9 Å². The number of hydrogen-bond donors (Lipinski definition) is 3. The smallest absolute Gasteiger partial charge is 0.231 e. The molecule has 2 aromatic heterocycles. The Bertz CT molecular complexity index is 1810. The summed E-state index contributed by atoms with van der Waals surface area (Å²) in [6, 6.07) is 31.2. The second-order valence-electron chi connectivity index (χ2n) is 9.21. The number of methoxy groups -OCH3 is 1. The molecule has 6 aromatic rings. The van der Waals surface area contributed by atoms with Crippen molar-refractivity contribution in [2.45, 2.75) is 6.54 Å². The van der Waals surface area contributed by atoms with Crippen LogP contribution in [0.25, 0.3) is 11.0 Å². The van der Waals surface area contributed by atoms with E-state index in [0.29, 0.717) is 45.4 Å². The number of nitrogens with one attached hydrogen (secondary N) is 3. The number of nitrogens with zero attached hydrogens (tertiary/aromatic N) is 4. The van der Waals surface area contributed by atoms with E-state index in [9.17, 15) is 0 Å². The van der Waals surface area contributed by atoms with Crippen molar-refractivity contribution < 1.29 is 4.74 Å². The number of hydrogen-bond acceptors (Lipinski definition) is 7. The lowest BCUT2D eigenvalue weighted by atomic mass is 10.2. The Labute approximate surface area is 246 Å². The summed E-state index contributed by atoms with van der Waals surface area (Å²) in [4.78, 5) is 9.64. The van der Waals surface area contributed by atoms with Gasteiger partial charge in [-0.1, -0.05) is 71.7 Å². The Balaban J connectivity index is 1.37. The molecule has 0 bridgehead atoms. The summed E-state index contributed by atoms with van der Waals surface area (Å²) in [5.41, 5.74) is 5.07. The molecule has 0 radical (unpaired) electrons. The van der Waals surface area contributed by atoms with Crippen molar-refractivity contribution in [2.24, 2.45) is 0 Å². The van der Waals surface area contributed by atoms with Gasteiger partial charge < -0.3 is 20.7 Å². The molecule has 0 atom stereocenters. The predicted octanol–water partition coefficient (Wildman–Crippen LogP) is 8.42. The van der Waals surface area contributed by atoms with Crippen LogP contribution in [0, 0.1) is 0 Å². The normalized spacial score (nSPS) is 10.9. The molecular weight excluding hydrogens is 557 g/mol. The first-order valence-corrected chi connectivity index (χ1v) is 13.6. The van der Waals surface area contributed by atoms with Gasteiger partial charge in [-0.05, 0) is 48.0 Å². The van der Waals surface area contributed by atoms with Gasteiger partial charge in [0.1, 0.15) is 11.6 Å². The molecule has 0 spiro atoms. The van der Waals surface area contributed by atoms with E-state index < -0.39 is 0 Å². The van der Waals surface area contributed by atoms with Gasteiger partial charge in [0.05, 0.1) is 41.0 Å². The molecule has 6 rings (SSSR count). The zero-order chi connectivity index (χ0) is 28.2. The summed E-state index contributed by atoms with van der Waals surface area (Å²) < 4.78 is 7.55. The number of para-hydroxylation sites is 1. The maximum absolute atomic E-state index is 6.28. The summed E-state index contributed by atoms with van der Waals surface area (Å²) in [5, 5.41) is 16.4. The minimum absolute atomic E-state index is 0.372. The van der Waals surface area contributed by atoms with E-state index in [2.05, 4.69) is 33.2 Å². The minimum atomic E-state index is 0.372. The van der Waals surface area contributed by atoms with Crippen molar-refractivity contribution >= 4 is 68.8 Å². The Kier molecular flexibility index (Phi) is 7.58. The standard InChI is InChI=1S/C31H25Cl2N7O/c1-41-28-17-23(35-21-10-6-3-7-11-21)13-15-27(28)37-31-38-29(36-22-12-14-25(32)26(33)16-22)24-18-34-40(30(24)39-31)19-20-8-4-2-5-9-20/h2-18,35H,19H2,1H3,(H2,36,37,38,39). The third kappa shape index (κ3) is 6.04. The molecule has 0 saturated heterocycles. The highest BCUT2D eigenvalue weighted by molar-refractivity contribution is 6.42. The number of halogens is 2. The average Bonchev–Trinajstić information content (AvgIpc) is 3.39. The van der Waals surface area contributed by atoms with E-state index in [-0.39, 0.29) is 0 Å². The van der Waals surface area contributed by atoms with Gasteiger partial charge in [-0.25, -0.2) is 4.68 Å². The van der Waals surface area contributed by atoms with E-state index in [1.807, 2.05) is 77.5 Å². The van der Waals surface area contributed by atoms with Gasteiger partial charge in [-0.2, -0.15) is 15.1 Å². The van der Waals surface area contributed by atoms with Crippen molar-refractivity contribution in [2.75, 3.05) is 23.1 Å². The zero-order valence-corrected chi connectivity index (χ0v) is 23.5. The molecule has 10 heteroatoms. The van der Waals surface area contributed by atoms with Crippen LogP contribution in [0.3, 0.4) is 0 Å². The first-order valence-electron chi connectivity index (χ1n) is 12.8. The Morgan fingerprint density at radius 3 is 2.22 bits per heavy atom. The fourth-order valence-electron chi connectivity index (χ4n) is 4.37. The molecule has 8 nitrogen and oxygen atoms in total. The average molecular weight is 582 g/mol. The summed E-state index contributed by atoms with van der Waals surface area (Å²) >= 11 is 12.4. The monoisotopic (exact) mass is 581 g/mol. The summed E-state index contributed by atoms with van der Waals surface area (Å²) in [6.07, 6.45) is 1.76. The van der Waals surface area contributed by atoms with Gasteiger partial charge in [0.15, 0.2) is 5.65 Å². The number of aromatic nitrogens is 4.